The number of halogens is 3. The predicted octanol–water partition coefficient (Wildman–Crippen LogP) is 3.34. The van der Waals surface area contributed by atoms with E-state index >= 15 is 0 Å². The Kier molecular flexibility index (Phi) is 8.22. The fourth-order valence-electron chi connectivity index (χ4n) is 4.63. The van der Waals surface area contributed by atoms with Gasteiger partial charge in [0.25, 0.3) is 5.56 Å². The van der Waals surface area contributed by atoms with E-state index in [1.807, 2.05) is 17.1 Å². The van der Waals surface area contributed by atoms with Crippen molar-refractivity contribution in [1.82, 2.24) is 34.7 Å². The zero-order valence-corrected chi connectivity index (χ0v) is 22.6. The third kappa shape index (κ3) is 6.50. The van der Waals surface area contributed by atoms with Crippen LogP contribution in [-0.2, 0) is 17.9 Å². The number of amides is 1. The minimum atomic E-state index is -1.57. The van der Waals surface area contributed by atoms with E-state index in [1.165, 1.54) is 19.1 Å². The molecular formula is C29H28F3N7O2. The van der Waals surface area contributed by atoms with Crippen LogP contribution in [0.5, 0.6) is 0 Å². The maximum atomic E-state index is 13.8. The lowest BCUT2D eigenvalue weighted by Gasteiger charge is -2.39. The van der Waals surface area contributed by atoms with Crippen LogP contribution in [0.15, 0.2) is 65.6 Å². The molecule has 0 saturated carbocycles. The van der Waals surface area contributed by atoms with Crippen molar-refractivity contribution in [2.75, 3.05) is 33.2 Å². The van der Waals surface area contributed by atoms with Crippen LogP contribution in [-0.4, -0.2) is 73.8 Å². The van der Waals surface area contributed by atoms with Crippen molar-refractivity contribution in [2.45, 2.75) is 20.0 Å². The van der Waals surface area contributed by atoms with Crippen molar-refractivity contribution in [3.63, 3.8) is 0 Å². The van der Waals surface area contributed by atoms with Crippen LogP contribution >= 0.6 is 0 Å². The Morgan fingerprint density at radius 2 is 1.68 bits per heavy atom. The van der Waals surface area contributed by atoms with Gasteiger partial charge in [-0.25, -0.2) is 32.8 Å². The van der Waals surface area contributed by atoms with Crippen LogP contribution in [0.25, 0.3) is 22.6 Å². The highest BCUT2D eigenvalue weighted by atomic mass is 19.2. The number of hydrogen-bond acceptors (Lipinski definition) is 7. The summed E-state index contributed by atoms with van der Waals surface area (Å²) >= 11 is 0. The molecule has 4 aromatic rings. The molecule has 0 bridgehead atoms. The molecule has 1 aliphatic rings. The molecule has 0 atom stereocenters. The average molecular weight is 564 g/mol. The van der Waals surface area contributed by atoms with Crippen molar-refractivity contribution in [3.8, 4) is 22.6 Å². The average Bonchev–Trinajstić information content (AvgIpc) is 2.96. The van der Waals surface area contributed by atoms with Crippen molar-refractivity contribution in [1.29, 1.82) is 0 Å². The Morgan fingerprint density at radius 3 is 2.39 bits per heavy atom. The Balaban J connectivity index is 1.37. The summed E-state index contributed by atoms with van der Waals surface area (Å²) in [5, 5.41) is 7.98. The van der Waals surface area contributed by atoms with Gasteiger partial charge in [0.15, 0.2) is 23.3 Å². The van der Waals surface area contributed by atoms with E-state index < -0.39 is 23.0 Å². The van der Waals surface area contributed by atoms with Gasteiger partial charge >= 0.3 is 0 Å². The van der Waals surface area contributed by atoms with Gasteiger partial charge in [-0.1, -0.05) is 18.2 Å². The van der Waals surface area contributed by atoms with Crippen molar-refractivity contribution in [3.05, 3.63) is 99.9 Å². The largest absolute Gasteiger partial charge is 0.304 e. The molecule has 1 amide bonds. The van der Waals surface area contributed by atoms with E-state index in [4.69, 9.17) is 4.98 Å². The fourth-order valence-corrected chi connectivity index (χ4v) is 4.63. The topological polar surface area (TPSA) is 87.5 Å². The number of benzene rings is 2. The second-order valence-electron chi connectivity index (χ2n) is 9.87. The molecule has 5 rings (SSSR count). The number of hydrogen-bond donors (Lipinski definition) is 0. The molecule has 0 radical (unpaired) electrons. The molecule has 1 aliphatic heterocycles. The number of likely N-dealkylation sites (N-methyl/N-ethyl adjacent to an activating group) is 1. The maximum absolute atomic E-state index is 13.8. The molecular weight excluding hydrogens is 535 g/mol. The van der Waals surface area contributed by atoms with Gasteiger partial charge in [0.05, 0.1) is 24.5 Å². The van der Waals surface area contributed by atoms with Crippen molar-refractivity contribution in [2.24, 2.45) is 0 Å². The summed E-state index contributed by atoms with van der Waals surface area (Å²) in [5.41, 5.74) is 1.79. The van der Waals surface area contributed by atoms with Gasteiger partial charge in [-0.3, -0.25) is 14.6 Å². The quantitative estimate of drug-likeness (QED) is 0.319. The smallest absolute Gasteiger partial charge is 0.267 e. The summed E-state index contributed by atoms with van der Waals surface area (Å²) < 4.78 is 42.1. The SMILES string of the molecule is CC(=O)N(Cc1ccnc(-c2cccc(Cn3nc(-c4cc(F)c(F)c(F)c4)ccc3=O)c2)n1)N1CCN(C)CC1. The lowest BCUT2D eigenvalue weighted by molar-refractivity contribution is -0.151. The highest BCUT2D eigenvalue weighted by Crippen LogP contribution is 2.22. The summed E-state index contributed by atoms with van der Waals surface area (Å²) in [5.74, 6) is -3.87. The number of piperazine rings is 1. The van der Waals surface area contributed by atoms with Gasteiger partial charge < -0.3 is 4.90 Å². The molecule has 1 fully saturated rings. The minimum absolute atomic E-state index is 0.00490. The van der Waals surface area contributed by atoms with E-state index in [0.717, 1.165) is 43.0 Å². The van der Waals surface area contributed by atoms with Gasteiger partial charge in [-0.15, -0.1) is 0 Å². The summed E-state index contributed by atoms with van der Waals surface area (Å²) in [6.45, 7) is 5.14. The lowest BCUT2D eigenvalue weighted by Crippen LogP contribution is -2.54. The van der Waals surface area contributed by atoms with E-state index in [-0.39, 0.29) is 23.7 Å². The Labute approximate surface area is 234 Å². The number of hydrazine groups is 1. The summed E-state index contributed by atoms with van der Waals surface area (Å²) in [6, 6.07) is 13.3. The Morgan fingerprint density at radius 1 is 0.951 bits per heavy atom. The van der Waals surface area contributed by atoms with E-state index in [2.05, 4.69) is 22.0 Å². The van der Waals surface area contributed by atoms with Gasteiger partial charge in [0.1, 0.15) is 0 Å². The van der Waals surface area contributed by atoms with E-state index in [0.29, 0.717) is 29.2 Å². The second kappa shape index (κ2) is 12.0. The predicted molar refractivity (Wildman–Crippen MR) is 146 cm³/mol. The molecule has 9 nitrogen and oxygen atoms in total. The molecule has 41 heavy (non-hydrogen) atoms. The first-order valence-corrected chi connectivity index (χ1v) is 13.0. The van der Waals surface area contributed by atoms with Crippen molar-refractivity contribution >= 4 is 5.91 Å². The van der Waals surface area contributed by atoms with Crippen LogP contribution in [0.3, 0.4) is 0 Å². The normalized spacial score (nSPS) is 14.3. The number of carbonyl (C=O) groups is 1. The highest BCUT2D eigenvalue weighted by molar-refractivity contribution is 5.72. The fraction of sp³-hybridized carbons (Fsp3) is 0.276. The van der Waals surface area contributed by atoms with Gasteiger partial charge in [-0.05, 0) is 42.9 Å². The summed E-state index contributed by atoms with van der Waals surface area (Å²) in [6.07, 6.45) is 1.64. The standard InChI is InChI=1S/C29H28F3N7O2/c1-19(40)39(37-12-10-36(2)11-13-37)18-23-8-9-33-29(34-23)21-5-3-4-20(14-21)17-38-27(41)7-6-26(35-38)22-15-24(30)28(32)25(31)16-22/h3-9,14-16H,10-13,17-18H2,1-2H3. The third-order valence-electron chi connectivity index (χ3n) is 6.87. The first kappa shape index (κ1) is 28.1. The molecule has 2 aromatic heterocycles. The molecule has 0 unspecified atom stereocenters. The van der Waals surface area contributed by atoms with Gasteiger partial charge in [0.2, 0.25) is 5.91 Å². The van der Waals surface area contributed by atoms with E-state index in [1.54, 1.807) is 29.4 Å². The number of carbonyl (C=O) groups excluding carboxylic acids is 1. The summed E-state index contributed by atoms with van der Waals surface area (Å²) in [7, 11) is 2.05. The number of aromatic nitrogens is 4. The molecule has 212 valence electrons. The molecule has 3 heterocycles. The Bertz CT molecular complexity index is 1610. The first-order chi connectivity index (χ1) is 19.7. The molecule has 0 N–H and O–H groups in total. The zero-order valence-electron chi connectivity index (χ0n) is 22.6. The molecule has 1 saturated heterocycles. The Hall–Kier alpha value is -4.42. The molecule has 12 heteroatoms. The number of rotatable bonds is 7. The summed E-state index contributed by atoms with van der Waals surface area (Å²) in [4.78, 5) is 36.3. The highest BCUT2D eigenvalue weighted by Gasteiger charge is 2.23. The van der Waals surface area contributed by atoms with Crippen LogP contribution in [0.4, 0.5) is 13.2 Å². The molecule has 0 spiro atoms. The number of nitrogens with zero attached hydrogens (tertiary/aromatic N) is 7. The van der Waals surface area contributed by atoms with Crippen LogP contribution in [0.1, 0.15) is 18.2 Å². The van der Waals surface area contributed by atoms with Crippen LogP contribution in [0.2, 0.25) is 0 Å². The molecule has 0 aliphatic carbocycles. The van der Waals surface area contributed by atoms with Crippen LogP contribution < -0.4 is 5.56 Å². The maximum Gasteiger partial charge on any atom is 0.267 e. The lowest BCUT2D eigenvalue weighted by atomic mass is 10.1. The van der Waals surface area contributed by atoms with Gasteiger partial charge in [0, 0.05) is 56.5 Å². The van der Waals surface area contributed by atoms with Gasteiger partial charge in [-0.2, -0.15) is 5.10 Å². The zero-order chi connectivity index (χ0) is 29.1. The second-order valence-corrected chi connectivity index (χ2v) is 9.87. The van der Waals surface area contributed by atoms with Crippen LogP contribution in [0, 0.1) is 17.5 Å². The van der Waals surface area contributed by atoms with E-state index in [9.17, 15) is 22.8 Å². The molecule has 2 aromatic carbocycles. The van der Waals surface area contributed by atoms with Crippen molar-refractivity contribution < 1.29 is 18.0 Å². The third-order valence-corrected chi connectivity index (χ3v) is 6.87. The minimum Gasteiger partial charge on any atom is -0.304 e. The first-order valence-electron chi connectivity index (χ1n) is 13.0. The monoisotopic (exact) mass is 563 g/mol.